The minimum absolute atomic E-state index is 0.0833. The van der Waals surface area contributed by atoms with Crippen LogP contribution in [0.3, 0.4) is 0 Å². The number of hydrogen-bond donors (Lipinski definition) is 2. The van der Waals surface area contributed by atoms with Gasteiger partial charge in [0.05, 0.1) is 11.3 Å². The number of nitrogens with one attached hydrogen (secondary N) is 2. The van der Waals surface area contributed by atoms with Crippen molar-refractivity contribution in [1.29, 1.82) is 0 Å². The standard InChI is InChI=1S/C19H21IN2O2/c1-4-13(3)21-19(24)15-7-5-6-8-17(15)22-18(23)14-10-9-12(2)16(20)11-14/h5-11,13H,4H2,1-3H3,(H,21,24)(H,22,23). The average molecular weight is 436 g/mol. The molecule has 0 heterocycles. The van der Waals surface area contributed by atoms with E-state index in [2.05, 4.69) is 33.2 Å². The Bertz CT molecular complexity index is 759. The lowest BCUT2D eigenvalue weighted by Crippen LogP contribution is -2.32. The number of anilines is 1. The molecular weight excluding hydrogens is 415 g/mol. The van der Waals surface area contributed by atoms with E-state index in [9.17, 15) is 9.59 Å². The SMILES string of the molecule is CCC(C)NC(=O)c1ccccc1NC(=O)c1ccc(C)c(I)c1. The lowest BCUT2D eigenvalue weighted by molar-refractivity contribution is 0.0940. The highest BCUT2D eigenvalue weighted by Gasteiger charge is 2.15. The first-order chi connectivity index (χ1) is 11.4. The number of benzene rings is 2. The predicted octanol–water partition coefficient (Wildman–Crippen LogP) is 4.38. The Morgan fingerprint density at radius 3 is 2.50 bits per heavy atom. The molecule has 24 heavy (non-hydrogen) atoms. The maximum Gasteiger partial charge on any atom is 0.255 e. The van der Waals surface area contributed by atoms with Gasteiger partial charge in [-0.3, -0.25) is 9.59 Å². The largest absolute Gasteiger partial charge is 0.350 e. The fourth-order valence-electron chi connectivity index (χ4n) is 2.12. The number of carbonyl (C=O) groups excluding carboxylic acids is 2. The minimum atomic E-state index is -0.225. The van der Waals surface area contributed by atoms with E-state index in [1.807, 2.05) is 32.9 Å². The second-order valence-corrected chi connectivity index (χ2v) is 6.91. The van der Waals surface area contributed by atoms with Gasteiger partial charge in [-0.05, 0) is 72.7 Å². The van der Waals surface area contributed by atoms with Gasteiger partial charge in [0, 0.05) is 15.2 Å². The minimum Gasteiger partial charge on any atom is -0.350 e. The van der Waals surface area contributed by atoms with E-state index in [-0.39, 0.29) is 17.9 Å². The molecule has 2 rings (SSSR count). The van der Waals surface area contributed by atoms with Crippen LogP contribution in [0.4, 0.5) is 5.69 Å². The molecule has 1 atom stereocenters. The molecule has 0 radical (unpaired) electrons. The average Bonchev–Trinajstić information content (AvgIpc) is 2.57. The van der Waals surface area contributed by atoms with E-state index in [0.29, 0.717) is 16.8 Å². The zero-order valence-corrected chi connectivity index (χ0v) is 16.2. The Morgan fingerprint density at radius 1 is 1.12 bits per heavy atom. The Balaban J connectivity index is 2.22. The third-order valence-electron chi connectivity index (χ3n) is 3.84. The van der Waals surface area contributed by atoms with Crippen molar-refractivity contribution < 1.29 is 9.59 Å². The molecule has 4 nitrogen and oxygen atoms in total. The van der Waals surface area contributed by atoms with Crippen molar-refractivity contribution in [3.63, 3.8) is 0 Å². The summed E-state index contributed by atoms with van der Waals surface area (Å²) in [6.07, 6.45) is 0.849. The monoisotopic (exact) mass is 436 g/mol. The van der Waals surface area contributed by atoms with Gasteiger partial charge in [-0.25, -0.2) is 0 Å². The Morgan fingerprint density at radius 2 is 1.83 bits per heavy atom. The molecule has 0 aliphatic rings. The van der Waals surface area contributed by atoms with Gasteiger partial charge in [0.15, 0.2) is 0 Å². The number of rotatable bonds is 5. The predicted molar refractivity (Wildman–Crippen MR) is 106 cm³/mol. The van der Waals surface area contributed by atoms with E-state index < -0.39 is 0 Å². The van der Waals surface area contributed by atoms with E-state index in [0.717, 1.165) is 15.6 Å². The van der Waals surface area contributed by atoms with Crippen LogP contribution in [-0.4, -0.2) is 17.9 Å². The summed E-state index contributed by atoms with van der Waals surface area (Å²) in [6.45, 7) is 5.96. The summed E-state index contributed by atoms with van der Waals surface area (Å²) in [7, 11) is 0. The third-order valence-corrected chi connectivity index (χ3v) is 5.01. The second kappa shape index (κ2) is 8.28. The number of halogens is 1. The molecule has 0 saturated heterocycles. The molecule has 0 spiro atoms. The summed E-state index contributed by atoms with van der Waals surface area (Å²) in [6, 6.07) is 12.7. The zero-order valence-electron chi connectivity index (χ0n) is 14.0. The van der Waals surface area contributed by atoms with Crippen LogP contribution >= 0.6 is 22.6 Å². The first kappa shape index (κ1) is 18.4. The maximum absolute atomic E-state index is 12.5. The van der Waals surface area contributed by atoms with Crippen molar-refractivity contribution in [3.05, 3.63) is 62.7 Å². The van der Waals surface area contributed by atoms with Crippen molar-refractivity contribution >= 4 is 40.1 Å². The number of amides is 2. The van der Waals surface area contributed by atoms with Gasteiger partial charge in [-0.1, -0.05) is 25.1 Å². The van der Waals surface area contributed by atoms with E-state index >= 15 is 0 Å². The van der Waals surface area contributed by atoms with Gasteiger partial charge in [0.1, 0.15) is 0 Å². The summed E-state index contributed by atoms with van der Waals surface area (Å²) in [4.78, 5) is 24.9. The maximum atomic E-state index is 12.5. The van der Waals surface area contributed by atoms with E-state index in [1.165, 1.54) is 0 Å². The van der Waals surface area contributed by atoms with Crippen LogP contribution in [0.2, 0.25) is 0 Å². The molecule has 2 aromatic rings. The van der Waals surface area contributed by atoms with Crippen LogP contribution in [0.1, 0.15) is 46.5 Å². The topological polar surface area (TPSA) is 58.2 Å². The lowest BCUT2D eigenvalue weighted by Gasteiger charge is -2.15. The molecule has 2 aromatic carbocycles. The van der Waals surface area contributed by atoms with Gasteiger partial charge >= 0.3 is 0 Å². The van der Waals surface area contributed by atoms with Crippen LogP contribution in [0.15, 0.2) is 42.5 Å². The third kappa shape index (κ3) is 4.56. The first-order valence-corrected chi connectivity index (χ1v) is 8.97. The molecule has 2 amide bonds. The number of carbonyl (C=O) groups is 2. The van der Waals surface area contributed by atoms with Crippen molar-refractivity contribution in [2.45, 2.75) is 33.2 Å². The molecule has 0 aromatic heterocycles. The first-order valence-electron chi connectivity index (χ1n) is 7.89. The molecule has 0 fully saturated rings. The Labute approximate surface area is 156 Å². The summed E-state index contributed by atoms with van der Waals surface area (Å²) >= 11 is 2.20. The van der Waals surface area contributed by atoms with Crippen LogP contribution in [0, 0.1) is 10.5 Å². The van der Waals surface area contributed by atoms with E-state index in [4.69, 9.17) is 0 Å². The Hall–Kier alpha value is -1.89. The molecule has 0 bridgehead atoms. The second-order valence-electron chi connectivity index (χ2n) is 5.75. The fraction of sp³-hybridized carbons (Fsp3) is 0.263. The number of para-hydroxylation sites is 1. The molecule has 0 saturated carbocycles. The normalized spacial score (nSPS) is 11.7. The van der Waals surface area contributed by atoms with Gasteiger partial charge < -0.3 is 10.6 Å². The molecule has 2 N–H and O–H groups in total. The molecule has 5 heteroatoms. The number of aryl methyl sites for hydroxylation is 1. The zero-order chi connectivity index (χ0) is 17.7. The van der Waals surface area contributed by atoms with Crippen molar-refractivity contribution in [1.82, 2.24) is 5.32 Å². The van der Waals surface area contributed by atoms with Gasteiger partial charge in [0.2, 0.25) is 0 Å². The fourth-order valence-corrected chi connectivity index (χ4v) is 2.64. The lowest BCUT2D eigenvalue weighted by atomic mass is 10.1. The summed E-state index contributed by atoms with van der Waals surface area (Å²) in [5.74, 6) is -0.407. The molecule has 126 valence electrons. The van der Waals surface area contributed by atoms with Gasteiger partial charge in [-0.2, -0.15) is 0 Å². The van der Waals surface area contributed by atoms with Crippen molar-refractivity contribution in [3.8, 4) is 0 Å². The van der Waals surface area contributed by atoms with Crippen LogP contribution < -0.4 is 10.6 Å². The highest BCUT2D eigenvalue weighted by atomic mass is 127. The van der Waals surface area contributed by atoms with Crippen molar-refractivity contribution in [2.75, 3.05) is 5.32 Å². The van der Waals surface area contributed by atoms with Crippen molar-refractivity contribution in [2.24, 2.45) is 0 Å². The molecule has 0 aliphatic carbocycles. The molecule has 0 aliphatic heterocycles. The van der Waals surface area contributed by atoms with Crippen LogP contribution in [0.25, 0.3) is 0 Å². The van der Waals surface area contributed by atoms with Gasteiger partial charge in [-0.15, -0.1) is 0 Å². The van der Waals surface area contributed by atoms with Crippen LogP contribution in [0.5, 0.6) is 0 Å². The summed E-state index contributed by atoms with van der Waals surface area (Å²) in [5, 5.41) is 5.77. The number of hydrogen-bond acceptors (Lipinski definition) is 2. The highest BCUT2D eigenvalue weighted by molar-refractivity contribution is 14.1. The smallest absolute Gasteiger partial charge is 0.255 e. The van der Waals surface area contributed by atoms with E-state index in [1.54, 1.807) is 30.3 Å². The van der Waals surface area contributed by atoms with Crippen LogP contribution in [-0.2, 0) is 0 Å². The Kier molecular flexibility index (Phi) is 6.36. The quantitative estimate of drug-likeness (QED) is 0.684. The van der Waals surface area contributed by atoms with Gasteiger partial charge in [0.25, 0.3) is 11.8 Å². The summed E-state index contributed by atoms with van der Waals surface area (Å²) in [5.41, 5.74) is 2.68. The highest BCUT2D eigenvalue weighted by Crippen LogP contribution is 2.18. The molecule has 1 unspecified atom stereocenters. The molecular formula is C19H21IN2O2. The summed E-state index contributed by atoms with van der Waals surface area (Å²) < 4.78 is 1.03.